The Kier molecular flexibility index (Phi) is 9.02. The van der Waals surface area contributed by atoms with E-state index in [1.165, 1.54) is 6.20 Å². The van der Waals surface area contributed by atoms with Gasteiger partial charge < -0.3 is 15.3 Å². The maximum Gasteiger partial charge on any atom is 0.407 e. The van der Waals surface area contributed by atoms with Gasteiger partial charge in [0.15, 0.2) is 17.3 Å². The number of rotatable bonds is 8. The van der Waals surface area contributed by atoms with Gasteiger partial charge >= 0.3 is 12.3 Å². The van der Waals surface area contributed by atoms with E-state index in [4.69, 9.17) is 0 Å². The fourth-order valence-electron chi connectivity index (χ4n) is 4.68. The van der Waals surface area contributed by atoms with Crippen LogP contribution in [0, 0.1) is 11.6 Å². The highest BCUT2D eigenvalue weighted by Crippen LogP contribution is 2.31. The van der Waals surface area contributed by atoms with Crippen molar-refractivity contribution in [3.8, 4) is 11.3 Å². The molecule has 1 amide bonds. The van der Waals surface area contributed by atoms with Crippen LogP contribution >= 0.6 is 0 Å². The first-order valence-corrected chi connectivity index (χ1v) is 13.8. The van der Waals surface area contributed by atoms with Gasteiger partial charge in [0.2, 0.25) is 16.8 Å². The third kappa shape index (κ3) is 7.08. The van der Waals surface area contributed by atoms with Gasteiger partial charge in [0.25, 0.3) is 5.56 Å². The number of carboxylic acid groups (broad SMARTS) is 1. The Labute approximate surface area is 241 Å². The number of aromatic nitrogens is 4. The fraction of sp³-hybridized carbons (Fsp3) is 0.458. The summed E-state index contributed by atoms with van der Waals surface area (Å²) in [6, 6.07) is -0.115. The summed E-state index contributed by atoms with van der Waals surface area (Å²) in [5, 5.41) is 12.1. The molecule has 0 saturated carbocycles. The Morgan fingerprint density at radius 1 is 1.19 bits per heavy atom. The summed E-state index contributed by atoms with van der Waals surface area (Å²) in [7, 11) is -3.85. The second-order valence-electron chi connectivity index (χ2n) is 10.0. The lowest BCUT2D eigenvalue weighted by Crippen LogP contribution is -2.49. The van der Waals surface area contributed by atoms with Crippen molar-refractivity contribution in [2.24, 2.45) is 0 Å². The molecule has 2 N–H and O–H groups in total. The number of nitrogens with one attached hydrogen (secondary N) is 1. The van der Waals surface area contributed by atoms with Crippen LogP contribution in [0.3, 0.4) is 0 Å². The molecule has 43 heavy (non-hydrogen) atoms. The van der Waals surface area contributed by atoms with Crippen LogP contribution in [0.4, 0.5) is 42.8 Å². The van der Waals surface area contributed by atoms with E-state index in [0.29, 0.717) is 12.1 Å². The molecule has 0 unspecified atom stereocenters. The van der Waals surface area contributed by atoms with E-state index in [1.54, 1.807) is 13.8 Å². The lowest BCUT2D eigenvalue weighted by atomic mass is 10.0. The number of hydrogen-bond acceptors (Lipinski definition) is 8. The van der Waals surface area contributed by atoms with Crippen molar-refractivity contribution in [3.05, 3.63) is 40.3 Å². The van der Waals surface area contributed by atoms with Crippen LogP contribution < -0.4 is 15.2 Å². The van der Waals surface area contributed by atoms with Gasteiger partial charge in [-0.05, 0) is 26.0 Å². The van der Waals surface area contributed by atoms with E-state index in [0.717, 1.165) is 9.47 Å². The van der Waals surface area contributed by atoms with E-state index in [9.17, 15) is 40.7 Å². The molecule has 0 aliphatic carbocycles. The van der Waals surface area contributed by atoms with Gasteiger partial charge in [0.05, 0.1) is 19.2 Å². The van der Waals surface area contributed by atoms with Crippen LogP contribution in [0.2, 0.25) is 0 Å². The Morgan fingerprint density at radius 2 is 1.84 bits per heavy atom. The largest absolute Gasteiger partial charge is 0.465 e. The zero-order chi connectivity index (χ0) is 31.8. The molecule has 3 heterocycles. The predicted octanol–water partition coefficient (Wildman–Crippen LogP) is 3.50. The van der Waals surface area contributed by atoms with Gasteiger partial charge in [0, 0.05) is 37.2 Å². The number of nitrogens with zero attached hydrogens (tertiary/aromatic N) is 6. The van der Waals surface area contributed by atoms with Crippen LogP contribution in [0.5, 0.6) is 0 Å². The van der Waals surface area contributed by atoms with Crippen LogP contribution in [-0.2, 0) is 10.9 Å². The second-order valence-corrected chi connectivity index (χ2v) is 11.0. The summed E-state index contributed by atoms with van der Waals surface area (Å²) in [6.45, 7) is 1.61. The molecule has 2 aromatic heterocycles. The minimum atomic E-state index is -4.80. The zero-order valence-corrected chi connectivity index (χ0v) is 23.4. The molecule has 1 fully saturated rings. The number of carbonyl (C=O) groups is 1. The first-order chi connectivity index (χ1) is 20.1. The van der Waals surface area contributed by atoms with Crippen molar-refractivity contribution in [1.29, 1.82) is 0 Å². The first kappa shape index (κ1) is 31.8. The normalized spacial score (nSPS) is 17.6. The highest BCUT2D eigenvalue weighted by molar-refractivity contribution is 7.74. The van der Waals surface area contributed by atoms with Crippen molar-refractivity contribution in [3.63, 3.8) is 0 Å². The SMILES string of the molecule is CC(C)n1c(=O)c(-c2cc(F)c(N(CCC(F)(F)F)[SH](=O)=O)c(F)c2)nc2cnc(N[C@H]3C[C@H](F)CN(C(=O)O)C3)nc21. The second kappa shape index (κ2) is 12.2. The fourth-order valence-corrected chi connectivity index (χ4v) is 5.29. The molecule has 12 nitrogen and oxygen atoms in total. The number of hydrogen-bond donors (Lipinski definition) is 3. The predicted molar refractivity (Wildman–Crippen MR) is 142 cm³/mol. The molecule has 1 saturated heterocycles. The number of halogens is 6. The summed E-state index contributed by atoms with van der Waals surface area (Å²) in [5.41, 5.74) is -3.03. The van der Waals surface area contributed by atoms with Gasteiger partial charge in [0.1, 0.15) is 23.1 Å². The maximum absolute atomic E-state index is 15.0. The number of likely N-dealkylation sites (tertiary alicyclic amines) is 1. The summed E-state index contributed by atoms with van der Waals surface area (Å²) in [5.74, 6) is -3.15. The van der Waals surface area contributed by atoms with E-state index in [-0.39, 0.29) is 40.9 Å². The average Bonchev–Trinajstić information content (AvgIpc) is 2.88. The van der Waals surface area contributed by atoms with E-state index >= 15 is 8.78 Å². The van der Waals surface area contributed by atoms with Crippen LogP contribution in [0.1, 0.15) is 32.7 Å². The number of amides is 1. The number of piperidine rings is 1. The van der Waals surface area contributed by atoms with Gasteiger partial charge in [-0.3, -0.25) is 13.7 Å². The Hall–Kier alpha value is -4.16. The highest BCUT2D eigenvalue weighted by atomic mass is 32.2. The smallest absolute Gasteiger partial charge is 0.407 e. The molecule has 2 atom stereocenters. The molecule has 0 radical (unpaired) electrons. The number of benzene rings is 1. The van der Waals surface area contributed by atoms with E-state index in [1.807, 2.05) is 0 Å². The van der Waals surface area contributed by atoms with Gasteiger partial charge in [-0.25, -0.2) is 36.4 Å². The third-order valence-corrected chi connectivity index (χ3v) is 7.30. The summed E-state index contributed by atoms with van der Waals surface area (Å²) >= 11 is 0. The van der Waals surface area contributed by atoms with Crippen molar-refractivity contribution in [2.45, 2.75) is 51.1 Å². The maximum atomic E-state index is 15.0. The molecular formula is C24H25F6N7O5S. The molecule has 19 heteroatoms. The molecular weight excluding hydrogens is 612 g/mol. The molecule has 1 aliphatic heterocycles. The minimum absolute atomic E-state index is 0.00708. The van der Waals surface area contributed by atoms with Gasteiger partial charge in [-0.15, -0.1) is 0 Å². The first-order valence-electron chi connectivity index (χ1n) is 12.7. The molecule has 4 rings (SSSR count). The lowest BCUT2D eigenvalue weighted by Gasteiger charge is -2.33. The summed E-state index contributed by atoms with van der Waals surface area (Å²) in [6.07, 6.45) is -8.03. The Balaban J connectivity index is 1.74. The summed E-state index contributed by atoms with van der Waals surface area (Å²) in [4.78, 5) is 38.2. The average molecular weight is 638 g/mol. The number of alkyl halides is 4. The molecule has 1 aliphatic rings. The third-order valence-electron chi connectivity index (χ3n) is 6.50. The van der Waals surface area contributed by atoms with E-state index < -0.39 is 88.5 Å². The van der Waals surface area contributed by atoms with E-state index in [2.05, 4.69) is 20.3 Å². The van der Waals surface area contributed by atoms with Crippen molar-refractivity contribution < 1.29 is 44.7 Å². The number of fused-ring (bicyclic) bond motifs is 1. The van der Waals surface area contributed by atoms with Crippen molar-refractivity contribution in [2.75, 3.05) is 29.3 Å². The zero-order valence-electron chi connectivity index (χ0n) is 22.5. The number of thiol groups is 1. The Morgan fingerprint density at radius 3 is 2.40 bits per heavy atom. The molecule has 234 valence electrons. The molecule has 3 aromatic rings. The van der Waals surface area contributed by atoms with Gasteiger partial charge in [-0.2, -0.15) is 18.2 Å². The molecule has 1 aromatic carbocycles. The van der Waals surface area contributed by atoms with Gasteiger partial charge in [-0.1, -0.05) is 0 Å². The summed E-state index contributed by atoms with van der Waals surface area (Å²) < 4.78 is 106. The van der Waals surface area contributed by atoms with Crippen LogP contribution in [-0.4, -0.2) is 82.1 Å². The molecule has 0 spiro atoms. The molecule has 0 bridgehead atoms. The van der Waals surface area contributed by atoms with Crippen LogP contribution in [0.15, 0.2) is 23.1 Å². The standard InChI is InChI=1S/C24H25F6N7O5S/c1-11(2)37-20-17(8-31-22(34-20)32-14-7-13(25)9-35(10-14)23(39)40)33-18(21(37)38)12-5-15(26)19(16(27)6-12)36(43(41)42)4-3-24(28,29)30/h5-6,8,11,13-14,43H,3-4,7,9-10H2,1-2H3,(H,39,40)(H,31,32,34)/t13-,14-/m0/s1. The quantitative estimate of drug-likeness (QED) is 0.249. The van der Waals surface area contributed by atoms with Crippen molar-refractivity contribution >= 4 is 39.8 Å². The Bertz CT molecular complexity index is 1650. The highest BCUT2D eigenvalue weighted by Gasteiger charge is 2.32. The topological polar surface area (TPSA) is 151 Å². The van der Waals surface area contributed by atoms with Crippen LogP contribution in [0.25, 0.3) is 22.4 Å². The monoisotopic (exact) mass is 637 g/mol. The number of anilines is 2. The minimum Gasteiger partial charge on any atom is -0.465 e. The lowest BCUT2D eigenvalue weighted by molar-refractivity contribution is -0.132. The van der Waals surface area contributed by atoms with Crippen molar-refractivity contribution in [1.82, 2.24) is 24.4 Å².